The molecule has 0 radical (unpaired) electrons. The second kappa shape index (κ2) is 7.16. The monoisotopic (exact) mass is 307 g/mol. The van der Waals surface area contributed by atoms with Crippen molar-refractivity contribution in [1.29, 1.82) is 0 Å². The van der Waals surface area contributed by atoms with Crippen molar-refractivity contribution in [3.05, 3.63) is 34.4 Å². The Balaban J connectivity index is 2.72. The molecular formula is C12H12ClF2NO4. The summed E-state index contributed by atoms with van der Waals surface area (Å²) in [5.41, 5.74) is -0.240. The van der Waals surface area contributed by atoms with Crippen LogP contribution in [0, 0.1) is 11.6 Å². The van der Waals surface area contributed by atoms with Gasteiger partial charge in [0.25, 0.3) is 5.91 Å². The molecule has 110 valence electrons. The van der Waals surface area contributed by atoms with E-state index in [2.05, 4.69) is 5.32 Å². The number of carboxylic acids is 1. The number of halogens is 3. The van der Waals surface area contributed by atoms with Crippen LogP contribution in [-0.2, 0) is 9.53 Å². The zero-order chi connectivity index (χ0) is 15.3. The van der Waals surface area contributed by atoms with Gasteiger partial charge in [-0.05, 0) is 12.1 Å². The van der Waals surface area contributed by atoms with E-state index in [9.17, 15) is 18.4 Å². The van der Waals surface area contributed by atoms with Crippen LogP contribution in [0.25, 0.3) is 0 Å². The van der Waals surface area contributed by atoms with E-state index in [1.807, 2.05) is 0 Å². The summed E-state index contributed by atoms with van der Waals surface area (Å²) < 4.78 is 30.8. The molecule has 8 heteroatoms. The minimum Gasteiger partial charge on any atom is -0.481 e. The fourth-order valence-corrected chi connectivity index (χ4v) is 1.67. The third-order valence-electron chi connectivity index (χ3n) is 2.48. The Labute approximate surface area is 118 Å². The third-order valence-corrected chi connectivity index (χ3v) is 2.79. The van der Waals surface area contributed by atoms with Crippen molar-refractivity contribution >= 4 is 23.5 Å². The van der Waals surface area contributed by atoms with Gasteiger partial charge in [-0.25, -0.2) is 8.78 Å². The van der Waals surface area contributed by atoms with Gasteiger partial charge in [-0.2, -0.15) is 0 Å². The minimum atomic E-state index is -1.20. The van der Waals surface area contributed by atoms with Gasteiger partial charge in [-0.3, -0.25) is 9.59 Å². The first-order chi connectivity index (χ1) is 9.35. The fourth-order valence-electron chi connectivity index (χ4n) is 1.43. The van der Waals surface area contributed by atoms with E-state index in [1.165, 1.54) is 7.11 Å². The summed E-state index contributed by atoms with van der Waals surface area (Å²) in [6, 6.07) is 1.36. The molecule has 1 rings (SSSR count). The maximum atomic E-state index is 13.0. The molecule has 20 heavy (non-hydrogen) atoms. The largest absolute Gasteiger partial charge is 0.481 e. The lowest BCUT2D eigenvalue weighted by molar-refractivity contribution is -0.139. The molecule has 1 amide bonds. The normalized spacial score (nSPS) is 12.0. The van der Waals surface area contributed by atoms with Crippen LogP contribution in [0.5, 0.6) is 0 Å². The first kappa shape index (κ1) is 16.3. The van der Waals surface area contributed by atoms with Crippen LogP contribution in [0.15, 0.2) is 12.1 Å². The van der Waals surface area contributed by atoms with Gasteiger partial charge in [-0.1, -0.05) is 11.6 Å². The molecule has 0 aliphatic rings. The standard InChI is InChI=1S/C12H12ClF2NO4/c1-20-6(2-11(17)18)5-16-12(19)7-3-9(14)10(15)4-8(7)13/h3-4,6H,2,5H2,1H3,(H,16,19)(H,17,18). The van der Waals surface area contributed by atoms with Crippen LogP contribution in [0.1, 0.15) is 16.8 Å². The van der Waals surface area contributed by atoms with Crippen molar-refractivity contribution in [1.82, 2.24) is 5.32 Å². The zero-order valence-corrected chi connectivity index (χ0v) is 11.2. The van der Waals surface area contributed by atoms with Gasteiger partial charge in [0.15, 0.2) is 11.6 Å². The van der Waals surface area contributed by atoms with Gasteiger partial charge < -0.3 is 15.2 Å². The van der Waals surface area contributed by atoms with E-state index in [1.54, 1.807) is 0 Å². The maximum absolute atomic E-state index is 13.0. The Kier molecular flexibility index (Phi) is 5.84. The molecule has 1 atom stereocenters. The van der Waals surface area contributed by atoms with E-state index in [-0.39, 0.29) is 23.6 Å². The molecule has 0 saturated carbocycles. The van der Waals surface area contributed by atoms with Gasteiger partial charge in [0.05, 0.1) is 23.1 Å². The highest BCUT2D eigenvalue weighted by molar-refractivity contribution is 6.33. The molecule has 0 spiro atoms. The second-order valence-corrected chi connectivity index (χ2v) is 4.32. The number of methoxy groups -OCH3 is 1. The predicted octanol–water partition coefficient (Wildman–Crippen LogP) is 1.84. The number of carbonyl (C=O) groups excluding carboxylic acids is 1. The number of benzene rings is 1. The first-order valence-corrected chi connectivity index (χ1v) is 5.90. The lowest BCUT2D eigenvalue weighted by Crippen LogP contribution is -2.34. The van der Waals surface area contributed by atoms with Crippen LogP contribution in [0.3, 0.4) is 0 Å². The van der Waals surface area contributed by atoms with Crippen molar-refractivity contribution in [2.24, 2.45) is 0 Å². The smallest absolute Gasteiger partial charge is 0.306 e. The molecule has 1 aromatic rings. The molecule has 0 saturated heterocycles. The van der Waals surface area contributed by atoms with Gasteiger partial charge in [-0.15, -0.1) is 0 Å². The molecule has 5 nitrogen and oxygen atoms in total. The molecule has 1 aromatic carbocycles. The van der Waals surface area contributed by atoms with Gasteiger partial charge in [0.2, 0.25) is 0 Å². The molecule has 0 fully saturated rings. The summed E-state index contributed by atoms with van der Waals surface area (Å²) >= 11 is 5.64. The number of hydrogen-bond donors (Lipinski definition) is 2. The van der Waals surface area contributed by atoms with Crippen molar-refractivity contribution in [2.45, 2.75) is 12.5 Å². The average Bonchev–Trinajstić information content (AvgIpc) is 2.37. The topological polar surface area (TPSA) is 75.6 Å². The molecule has 0 heterocycles. The number of hydrogen-bond acceptors (Lipinski definition) is 3. The van der Waals surface area contributed by atoms with E-state index in [4.69, 9.17) is 21.4 Å². The molecular weight excluding hydrogens is 296 g/mol. The second-order valence-electron chi connectivity index (χ2n) is 3.91. The van der Waals surface area contributed by atoms with Crippen LogP contribution in [-0.4, -0.2) is 36.7 Å². The third kappa shape index (κ3) is 4.43. The number of ether oxygens (including phenoxy) is 1. The van der Waals surface area contributed by atoms with Crippen LogP contribution in [0.2, 0.25) is 5.02 Å². The highest BCUT2D eigenvalue weighted by atomic mass is 35.5. The first-order valence-electron chi connectivity index (χ1n) is 5.52. The SMILES string of the molecule is COC(CNC(=O)c1cc(F)c(F)cc1Cl)CC(=O)O. The molecule has 0 bridgehead atoms. The molecule has 0 aromatic heterocycles. The van der Waals surface area contributed by atoms with Crippen molar-refractivity contribution in [3.63, 3.8) is 0 Å². The Morgan fingerprint density at radius 1 is 1.40 bits per heavy atom. The minimum absolute atomic E-state index is 0.100. The Morgan fingerprint density at radius 2 is 2.00 bits per heavy atom. The highest BCUT2D eigenvalue weighted by Gasteiger charge is 2.17. The number of aliphatic carboxylic acids is 1. The lowest BCUT2D eigenvalue weighted by atomic mass is 10.2. The quantitative estimate of drug-likeness (QED) is 0.786. The maximum Gasteiger partial charge on any atom is 0.306 e. The Bertz CT molecular complexity index is 524. The molecule has 0 aliphatic heterocycles. The number of carbonyl (C=O) groups is 2. The Morgan fingerprint density at radius 3 is 2.55 bits per heavy atom. The van der Waals surface area contributed by atoms with Crippen LogP contribution >= 0.6 is 11.6 Å². The van der Waals surface area contributed by atoms with Crippen molar-refractivity contribution in [3.8, 4) is 0 Å². The number of nitrogens with one attached hydrogen (secondary N) is 1. The van der Waals surface area contributed by atoms with Crippen molar-refractivity contribution < 1.29 is 28.2 Å². The van der Waals surface area contributed by atoms with Gasteiger partial charge in [0, 0.05) is 13.7 Å². The number of rotatable bonds is 6. The van der Waals surface area contributed by atoms with Crippen LogP contribution in [0.4, 0.5) is 8.78 Å². The number of carboxylic acid groups (broad SMARTS) is 1. The van der Waals surface area contributed by atoms with Gasteiger partial charge in [0.1, 0.15) is 0 Å². The zero-order valence-electron chi connectivity index (χ0n) is 10.5. The van der Waals surface area contributed by atoms with Crippen molar-refractivity contribution in [2.75, 3.05) is 13.7 Å². The Hall–Kier alpha value is -1.73. The van der Waals surface area contributed by atoms with Gasteiger partial charge >= 0.3 is 5.97 Å². The highest BCUT2D eigenvalue weighted by Crippen LogP contribution is 2.19. The summed E-state index contributed by atoms with van der Waals surface area (Å²) in [4.78, 5) is 22.3. The van der Waals surface area contributed by atoms with E-state index >= 15 is 0 Å². The van der Waals surface area contributed by atoms with Crippen LogP contribution < -0.4 is 5.32 Å². The van der Waals surface area contributed by atoms with E-state index in [0.717, 1.165) is 0 Å². The predicted molar refractivity (Wildman–Crippen MR) is 66.8 cm³/mol. The van der Waals surface area contributed by atoms with E-state index in [0.29, 0.717) is 12.1 Å². The number of amides is 1. The molecule has 0 aliphatic carbocycles. The summed E-state index contributed by atoms with van der Waals surface area (Å²) in [7, 11) is 1.30. The lowest BCUT2D eigenvalue weighted by Gasteiger charge is -2.14. The molecule has 1 unspecified atom stereocenters. The average molecular weight is 308 g/mol. The summed E-state index contributed by atoms with van der Waals surface area (Å²) in [5, 5.41) is 10.7. The fraction of sp³-hybridized carbons (Fsp3) is 0.333. The molecule has 2 N–H and O–H groups in total. The van der Waals surface area contributed by atoms with E-state index < -0.39 is 29.6 Å². The summed E-state index contributed by atoms with van der Waals surface area (Å²) in [6.07, 6.45) is -1.04. The summed E-state index contributed by atoms with van der Waals surface area (Å²) in [6.45, 7) is -0.100. The summed E-state index contributed by atoms with van der Waals surface area (Å²) in [5.74, 6) is -4.20.